The van der Waals surface area contributed by atoms with Gasteiger partial charge in [-0.05, 0) is 36.2 Å². The Hall–Kier alpha value is -3.75. The van der Waals surface area contributed by atoms with Crippen LogP contribution in [0.25, 0.3) is 0 Å². The van der Waals surface area contributed by atoms with E-state index in [0.29, 0.717) is 23.5 Å². The molecule has 0 aliphatic heterocycles. The van der Waals surface area contributed by atoms with Crippen molar-refractivity contribution in [2.24, 2.45) is 5.10 Å². The van der Waals surface area contributed by atoms with Gasteiger partial charge in [0.2, 0.25) is 0 Å². The number of nitrogens with zero attached hydrogens (tertiary/aromatic N) is 1. The van der Waals surface area contributed by atoms with E-state index >= 15 is 0 Å². The average molecular weight is 401 g/mol. The molecule has 2 aromatic rings. The van der Waals surface area contributed by atoms with Crippen LogP contribution in [0.3, 0.4) is 0 Å². The number of hydrogen-bond donors (Lipinski definition) is 3. The number of aromatic hydroxyl groups is 1. The number of amides is 2. The predicted octanol–water partition coefficient (Wildman–Crippen LogP) is 1.23. The second kappa shape index (κ2) is 10.5. The van der Waals surface area contributed by atoms with Gasteiger partial charge in [0.05, 0.1) is 27.5 Å². The summed E-state index contributed by atoms with van der Waals surface area (Å²) in [5, 5.41) is 16.1. The molecule has 0 spiro atoms. The van der Waals surface area contributed by atoms with Crippen molar-refractivity contribution in [1.82, 2.24) is 10.7 Å². The smallest absolute Gasteiger partial charge is 0.329 e. The van der Waals surface area contributed by atoms with Crippen LogP contribution in [0.2, 0.25) is 0 Å². The Morgan fingerprint density at radius 2 is 1.72 bits per heavy atom. The number of rotatable bonds is 8. The lowest BCUT2D eigenvalue weighted by atomic mass is 10.1. The minimum atomic E-state index is -0.920. The predicted molar refractivity (Wildman–Crippen MR) is 107 cm³/mol. The normalized spacial score (nSPS) is 10.4. The summed E-state index contributed by atoms with van der Waals surface area (Å²) in [5.74, 6) is -0.391. The fourth-order valence-electron chi connectivity index (χ4n) is 2.46. The Morgan fingerprint density at radius 3 is 2.41 bits per heavy atom. The van der Waals surface area contributed by atoms with Crippen molar-refractivity contribution in [2.45, 2.75) is 6.42 Å². The lowest BCUT2D eigenvalue weighted by molar-refractivity contribution is -0.139. The Labute approximate surface area is 168 Å². The van der Waals surface area contributed by atoms with E-state index in [2.05, 4.69) is 15.8 Å². The van der Waals surface area contributed by atoms with Crippen molar-refractivity contribution in [3.63, 3.8) is 0 Å². The van der Waals surface area contributed by atoms with E-state index in [4.69, 9.17) is 14.2 Å². The second-order valence-electron chi connectivity index (χ2n) is 5.79. The van der Waals surface area contributed by atoms with Gasteiger partial charge >= 0.3 is 11.8 Å². The third-order valence-electron chi connectivity index (χ3n) is 3.97. The first-order valence-electron chi connectivity index (χ1n) is 8.68. The molecule has 0 aliphatic rings. The summed E-state index contributed by atoms with van der Waals surface area (Å²) in [6, 6.07) is 10.2. The first kappa shape index (κ1) is 21.5. The first-order valence-corrected chi connectivity index (χ1v) is 8.68. The van der Waals surface area contributed by atoms with Gasteiger partial charge in [0.1, 0.15) is 0 Å². The molecule has 0 radical (unpaired) electrons. The van der Waals surface area contributed by atoms with Gasteiger partial charge in [-0.15, -0.1) is 0 Å². The van der Waals surface area contributed by atoms with E-state index in [0.717, 1.165) is 5.56 Å². The van der Waals surface area contributed by atoms with E-state index in [-0.39, 0.29) is 18.0 Å². The molecular formula is C20H23N3O6. The van der Waals surface area contributed by atoms with Crippen LogP contribution in [-0.2, 0) is 16.0 Å². The Bertz CT molecular complexity index is 898. The molecule has 0 heterocycles. The van der Waals surface area contributed by atoms with Gasteiger partial charge in [-0.3, -0.25) is 9.59 Å². The highest BCUT2D eigenvalue weighted by molar-refractivity contribution is 6.35. The number of carbonyl (C=O) groups excluding carboxylic acids is 2. The molecular weight excluding hydrogens is 378 g/mol. The fraction of sp³-hybridized carbons (Fsp3) is 0.250. The van der Waals surface area contributed by atoms with Gasteiger partial charge in [-0.1, -0.05) is 12.1 Å². The van der Waals surface area contributed by atoms with Gasteiger partial charge in [0, 0.05) is 12.1 Å². The zero-order chi connectivity index (χ0) is 21.2. The Morgan fingerprint density at radius 1 is 1.00 bits per heavy atom. The maximum Gasteiger partial charge on any atom is 0.329 e. The van der Waals surface area contributed by atoms with Gasteiger partial charge in [-0.2, -0.15) is 5.10 Å². The van der Waals surface area contributed by atoms with Crippen molar-refractivity contribution in [3.05, 3.63) is 47.5 Å². The molecule has 0 unspecified atom stereocenters. The zero-order valence-corrected chi connectivity index (χ0v) is 16.4. The van der Waals surface area contributed by atoms with Crippen LogP contribution in [-0.4, -0.2) is 51.0 Å². The molecule has 29 heavy (non-hydrogen) atoms. The summed E-state index contributed by atoms with van der Waals surface area (Å²) in [4.78, 5) is 23.7. The topological polar surface area (TPSA) is 118 Å². The molecule has 0 fully saturated rings. The molecule has 2 amide bonds. The minimum Gasteiger partial charge on any atom is -0.504 e. The lowest BCUT2D eigenvalue weighted by Crippen LogP contribution is -2.38. The molecule has 0 atom stereocenters. The molecule has 0 saturated carbocycles. The van der Waals surface area contributed by atoms with Crippen LogP contribution >= 0.6 is 0 Å². The zero-order valence-electron chi connectivity index (χ0n) is 16.4. The van der Waals surface area contributed by atoms with Crippen molar-refractivity contribution in [3.8, 4) is 23.0 Å². The second-order valence-corrected chi connectivity index (χ2v) is 5.79. The number of para-hydroxylation sites is 1. The maximum absolute atomic E-state index is 11.9. The van der Waals surface area contributed by atoms with Crippen LogP contribution in [0.5, 0.6) is 23.0 Å². The highest BCUT2D eigenvalue weighted by atomic mass is 16.5. The Balaban J connectivity index is 1.83. The van der Waals surface area contributed by atoms with E-state index in [9.17, 15) is 14.7 Å². The largest absolute Gasteiger partial charge is 0.504 e. The number of phenolic OH excluding ortho intramolecular Hbond substituents is 1. The van der Waals surface area contributed by atoms with E-state index < -0.39 is 11.8 Å². The number of phenols is 1. The summed E-state index contributed by atoms with van der Waals surface area (Å²) in [6.45, 7) is 0.252. The first-order chi connectivity index (χ1) is 14.0. The number of hydrogen-bond acceptors (Lipinski definition) is 7. The maximum atomic E-state index is 11.9. The Kier molecular flexibility index (Phi) is 7.84. The summed E-state index contributed by atoms with van der Waals surface area (Å²) in [7, 11) is 4.51. The number of carbonyl (C=O) groups is 2. The van der Waals surface area contributed by atoms with Crippen LogP contribution in [0, 0.1) is 0 Å². The third-order valence-corrected chi connectivity index (χ3v) is 3.97. The van der Waals surface area contributed by atoms with Gasteiger partial charge in [-0.25, -0.2) is 5.43 Å². The average Bonchev–Trinajstić information content (AvgIpc) is 2.74. The minimum absolute atomic E-state index is 0.118. The number of ether oxygens (including phenoxy) is 3. The van der Waals surface area contributed by atoms with Crippen molar-refractivity contribution in [2.75, 3.05) is 27.9 Å². The number of nitrogens with one attached hydrogen (secondary N) is 2. The molecule has 2 rings (SSSR count). The summed E-state index contributed by atoms with van der Waals surface area (Å²) < 4.78 is 15.4. The lowest BCUT2D eigenvalue weighted by Gasteiger charge is -2.10. The van der Waals surface area contributed by atoms with Crippen LogP contribution in [0.4, 0.5) is 0 Å². The van der Waals surface area contributed by atoms with E-state index in [1.165, 1.54) is 13.3 Å². The van der Waals surface area contributed by atoms with E-state index in [1.54, 1.807) is 44.6 Å². The molecule has 0 aromatic heterocycles. The monoisotopic (exact) mass is 401 g/mol. The van der Waals surface area contributed by atoms with Gasteiger partial charge in [0.25, 0.3) is 0 Å². The number of benzene rings is 2. The molecule has 2 aromatic carbocycles. The standard InChI is InChI=1S/C20H23N3O6/c1-27-15-8-7-13(11-17(15)29-3)9-10-21-19(25)20(26)23-22-12-14-5-4-6-16(28-2)18(14)24/h4-8,11-12,24H,9-10H2,1-3H3,(H,21,25)(H,23,26). The number of hydrazone groups is 1. The SMILES string of the molecule is COc1ccc(CCNC(=O)C(=O)NN=Cc2cccc(OC)c2O)cc1OC. The molecule has 3 N–H and O–H groups in total. The quantitative estimate of drug-likeness (QED) is 0.348. The van der Waals surface area contributed by atoms with Crippen LogP contribution in [0.1, 0.15) is 11.1 Å². The summed E-state index contributed by atoms with van der Waals surface area (Å²) >= 11 is 0. The van der Waals surface area contributed by atoms with Crippen LogP contribution < -0.4 is 25.0 Å². The van der Waals surface area contributed by atoms with Gasteiger partial charge < -0.3 is 24.6 Å². The molecule has 0 bridgehead atoms. The molecule has 0 saturated heterocycles. The fourth-order valence-corrected chi connectivity index (χ4v) is 2.46. The highest BCUT2D eigenvalue weighted by Crippen LogP contribution is 2.28. The van der Waals surface area contributed by atoms with Gasteiger partial charge in [0.15, 0.2) is 23.0 Å². The van der Waals surface area contributed by atoms with Crippen molar-refractivity contribution >= 4 is 18.0 Å². The van der Waals surface area contributed by atoms with E-state index in [1.807, 2.05) is 6.07 Å². The molecule has 9 nitrogen and oxygen atoms in total. The number of methoxy groups -OCH3 is 3. The van der Waals surface area contributed by atoms with Crippen LogP contribution in [0.15, 0.2) is 41.5 Å². The summed E-state index contributed by atoms with van der Waals surface area (Å²) in [6.07, 6.45) is 1.72. The van der Waals surface area contributed by atoms with Crippen molar-refractivity contribution in [1.29, 1.82) is 0 Å². The highest BCUT2D eigenvalue weighted by Gasteiger charge is 2.12. The van der Waals surface area contributed by atoms with Crippen molar-refractivity contribution < 1.29 is 28.9 Å². The molecule has 154 valence electrons. The summed E-state index contributed by atoms with van der Waals surface area (Å²) in [5.41, 5.74) is 3.35. The third kappa shape index (κ3) is 5.86. The molecule has 0 aliphatic carbocycles. The molecule has 9 heteroatoms.